The highest BCUT2D eigenvalue weighted by atomic mass is 35.5. The van der Waals surface area contributed by atoms with Gasteiger partial charge in [0.15, 0.2) is 0 Å². The van der Waals surface area contributed by atoms with Crippen LogP contribution in [0.1, 0.15) is 11.5 Å². The number of aliphatic hydroxyl groups is 1. The van der Waals surface area contributed by atoms with Crippen LogP contribution in [-0.2, 0) is 0 Å². The van der Waals surface area contributed by atoms with Crippen LogP contribution in [0.15, 0.2) is 64.7 Å². The van der Waals surface area contributed by atoms with Crippen LogP contribution in [-0.4, -0.2) is 36.2 Å². The fourth-order valence-electron chi connectivity index (χ4n) is 2.94. The molecule has 1 aromatic rings. The molecular formula is C17H18ClNO. The molecule has 0 amide bonds. The van der Waals surface area contributed by atoms with E-state index >= 15 is 0 Å². The van der Waals surface area contributed by atoms with Crippen molar-refractivity contribution >= 4 is 11.6 Å². The van der Waals surface area contributed by atoms with Gasteiger partial charge in [0.05, 0.1) is 6.10 Å². The van der Waals surface area contributed by atoms with E-state index in [1.165, 1.54) is 5.56 Å². The first-order valence-corrected chi connectivity index (χ1v) is 7.23. The number of rotatable bonds is 1. The lowest BCUT2D eigenvalue weighted by molar-refractivity contribution is 0.268. The zero-order valence-corrected chi connectivity index (χ0v) is 12.2. The number of likely N-dealkylation sites (N-methyl/N-ethyl adjacent to an activating group) is 1. The van der Waals surface area contributed by atoms with E-state index in [1.54, 1.807) is 6.08 Å². The van der Waals surface area contributed by atoms with Crippen LogP contribution < -0.4 is 0 Å². The molecule has 0 fully saturated rings. The van der Waals surface area contributed by atoms with E-state index in [4.69, 9.17) is 11.6 Å². The number of aliphatic hydroxyl groups excluding tert-OH is 1. The fraction of sp³-hybridized carbons (Fsp3) is 0.294. The van der Waals surface area contributed by atoms with Crippen LogP contribution in [0.3, 0.4) is 0 Å². The third kappa shape index (κ3) is 2.59. The predicted molar refractivity (Wildman–Crippen MR) is 82.8 cm³/mol. The Morgan fingerprint density at radius 1 is 1.25 bits per heavy atom. The van der Waals surface area contributed by atoms with Gasteiger partial charge in [-0.05, 0) is 29.8 Å². The molecule has 2 nitrogen and oxygen atoms in total. The molecule has 3 rings (SSSR count). The zero-order valence-electron chi connectivity index (χ0n) is 11.5. The smallest absolute Gasteiger partial charge is 0.0911 e. The maximum Gasteiger partial charge on any atom is 0.0911 e. The molecule has 1 aliphatic carbocycles. The molecule has 0 bridgehead atoms. The van der Waals surface area contributed by atoms with Crippen LogP contribution in [0.2, 0.25) is 0 Å². The minimum Gasteiger partial charge on any atom is -0.385 e. The van der Waals surface area contributed by atoms with Crippen molar-refractivity contribution < 1.29 is 5.11 Å². The lowest BCUT2D eigenvalue weighted by atomic mass is 9.83. The summed E-state index contributed by atoms with van der Waals surface area (Å²) < 4.78 is 0. The molecule has 2 unspecified atom stereocenters. The predicted octanol–water partition coefficient (Wildman–Crippen LogP) is 3.07. The average Bonchev–Trinajstić information content (AvgIpc) is 2.56. The number of benzene rings is 1. The summed E-state index contributed by atoms with van der Waals surface area (Å²) in [5.74, 6) is 0.243. The van der Waals surface area contributed by atoms with Crippen molar-refractivity contribution in [3.63, 3.8) is 0 Å². The van der Waals surface area contributed by atoms with E-state index in [9.17, 15) is 5.11 Å². The van der Waals surface area contributed by atoms with E-state index < -0.39 is 6.10 Å². The first-order chi connectivity index (χ1) is 9.65. The Bertz CT molecular complexity index is 588. The highest BCUT2D eigenvalue weighted by molar-refractivity contribution is 6.30. The zero-order chi connectivity index (χ0) is 14.1. The van der Waals surface area contributed by atoms with Crippen LogP contribution in [0.5, 0.6) is 0 Å². The molecule has 0 aromatic heterocycles. The second-order valence-corrected chi connectivity index (χ2v) is 5.91. The normalized spacial score (nSPS) is 27.1. The molecule has 3 heteroatoms. The number of hydrogen-bond donors (Lipinski definition) is 1. The Morgan fingerprint density at radius 2 is 2.00 bits per heavy atom. The SMILES string of the molecule is CN1CC(Cl)=C2C=CC(O)C=C2C(c2ccccc2)C1. The van der Waals surface area contributed by atoms with Crippen molar-refractivity contribution in [3.05, 3.63) is 70.3 Å². The van der Waals surface area contributed by atoms with Crippen LogP contribution in [0.25, 0.3) is 0 Å². The monoisotopic (exact) mass is 287 g/mol. The Hall–Kier alpha value is -1.35. The van der Waals surface area contributed by atoms with E-state index in [2.05, 4.69) is 36.2 Å². The summed E-state index contributed by atoms with van der Waals surface area (Å²) in [6.45, 7) is 1.65. The Kier molecular flexibility index (Phi) is 3.79. The molecule has 20 heavy (non-hydrogen) atoms. The molecular weight excluding hydrogens is 270 g/mol. The molecule has 0 spiro atoms. The maximum atomic E-state index is 9.91. The van der Waals surface area contributed by atoms with Crippen molar-refractivity contribution in [2.75, 3.05) is 20.1 Å². The van der Waals surface area contributed by atoms with Crippen molar-refractivity contribution in [3.8, 4) is 0 Å². The second-order valence-electron chi connectivity index (χ2n) is 5.45. The van der Waals surface area contributed by atoms with Crippen LogP contribution in [0, 0.1) is 0 Å². The van der Waals surface area contributed by atoms with Gasteiger partial charge in [-0.15, -0.1) is 0 Å². The molecule has 0 saturated carbocycles. The summed E-state index contributed by atoms with van der Waals surface area (Å²) in [5.41, 5.74) is 3.47. The number of hydrogen-bond acceptors (Lipinski definition) is 2. The number of halogens is 1. The van der Waals surface area contributed by atoms with Gasteiger partial charge >= 0.3 is 0 Å². The lowest BCUT2D eigenvalue weighted by Gasteiger charge is -2.25. The van der Waals surface area contributed by atoms with Crippen LogP contribution in [0.4, 0.5) is 0 Å². The van der Waals surface area contributed by atoms with Crippen molar-refractivity contribution in [1.82, 2.24) is 4.90 Å². The van der Waals surface area contributed by atoms with Gasteiger partial charge in [0, 0.05) is 24.0 Å². The van der Waals surface area contributed by atoms with E-state index in [0.29, 0.717) is 0 Å². The summed E-state index contributed by atoms with van der Waals surface area (Å²) in [7, 11) is 2.08. The Morgan fingerprint density at radius 3 is 2.75 bits per heavy atom. The van der Waals surface area contributed by atoms with E-state index in [0.717, 1.165) is 29.3 Å². The first kappa shape index (κ1) is 13.6. The van der Waals surface area contributed by atoms with Gasteiger partial charge < -0.3 is 10.0 Å². The number of allylic oxidation sites excluding steroid dienone is 2. The van der Waals surface area contributed by atoms with Gasteiger partial charge in [0.2, 0.25) is 0 Å². The molecule has 104 valence electrons. The first-order valence-electron chi connectivity index (χ1n) is 6.85. The molecule has 1 aromatic carbocycles. The van der Waals surface area contributed by atoms with Crippen LogP contribution >= 0.6 is 11.6 Å². The summed E-state index contributed by atoms with van der Waals surface area (Å²) >= 11 is 6.45. The highest BCUT2D eigenvalue weighted by Crippen LogP contribution is 2.38. The quantitative estimate of drug-likeness (QED) is 0.858. The summed E-state index contributed by atoms with van der Waals surface area (Å²) in [6, 6.07) is 10.4. The van der Waals surface area contributed by atoms with Crippen molar-refractivity contribution in [1.29, 1.82) is 0 Å². The molecule has 2 aliphatic rings. The van der Waals surface area contributed by atoms with Gasteiger partial charge in [-0.25, -0.2) is 0 Å². The van der Waals surface area contributed by atoms with Crippen molar-refractivity contribution in [2.45, 2.75) is 12.0 Å². The van der Waals surface area contributed by atoms with Gasteiger partial charge in [-0.1, -0.05) is 54.1 Å². The highest BCUT2D eigenvalue weighted by Gasteiger charge is 2.28. The number of fused-ring (bicyclic) bond motifs is 1. The minimum absolute atomic E-state index is 0.243. The number of nitrogens with zero attached hydrogens (tertiary/aromatic N) is 1. The molecule has 1 aliphatic heterocycles. The standard InChI is InChI=1S/C17H18ClNO/c1-19-10-16(12-5-3-2-4-6-12)15-9-13(20)7-8-14(15)17(18)11-19/h2-9,13,16,20H,10-11H2,1H3. The average molecular weight is 288 g/mol. The third-order valence-electron chi connectivity index (χ3n) is 3.89. The molecule has 0 saturated heterocycles. The van der Waals surface area contributed by atoms with Gasteiger partial charge in [0.25, 0.3) is 0 Å². The third-order valence-corrected chi connectivity index (χ3v) is 4.22. The van der Waals surface area contributed by atoms with E-state index in [-0.39, 0.29) is 5.92 Å². The van der Waals surface area contributed by atoms with Gasteiger partial charge in [-0.3, -0.25) is 0 Å². The van der Waals surface area contributed by atoms with Gasteiger partial charge in [-0.2, -0.15) is 0 Å². The Balaban J connectivity index is 2.09. The fourth-order valence-corrected chi connectivity index (χ4v) is 3.31. The van der Waals surface area contributed by atoms with Crippen molar-refractivity contribution in [2.24, 2.45) is 0 Å². The van der Waals surface area contributed by atoms with E-state index in [1.807, 2.05) is 18.2 Å². The molecule has 1 N–H and O–H groups in total. The molecule has 1 heterocycles. The van der Waals surface area contributed by atoms with Gasteiger partial charge in [0.1, 0.15) is 0 Å². The largest absolute Gasteiger partial charge is 0.385 e. The second kappa shape index (κ2) is 5.57. The topological polar surface area (TPSA) is 23.5 Å². The minimum atomic E-state index is -0.521. The summed E-state index contributed by atoms with van der Waals surface area (Å²) in [5, 5.41) is 10.8. The maximum absolute atomic E-state index is 9.91. The lowest BCUT2D eigenvalue weighted by Crippen LogP contribution is -2.24. The summed E-state index contributed by atoms with van der Waals surface area (Å²) in [6.07, 6.45) is 5.15. The molecule has 2 atom stereocenters. The Labute approximate surface area is 124 Å². The summed E-state index contributed by atoms with van der Waals surface area (Å²) in [4.78, 5) is 2.23. The molecule has 0 radical (unpaired) electrons.